The predicted octanol–water partition coefficient (Wildman–Crippen LogP) is 0.667. The van der Waals surface area contributed by atoms with Crippen LogP contribution in [0, 0.1) is 0 Å². The SMILES string of the molecule is NCCCCNCCCNC(=O)c1csc(-c2csc(CCNC(=O)[C@@H](N)Cc3cnc[nH]3)n2)n1. The van der Waals surface area contributed by atoms with Gasteiger partial charge in [-0.25, -0.2) is 15.0 Å². The van der Waals surface area contributed by atoms with Crippen molar-refractivity contribution < 1.29 is 9.59 Å². The first kappa shape index (κ1) is 26.9. The Morgan fingerprint density at radius 1 is 1.03 bits per heavy atom. The van der Waals surface area contributed by atoms with Crippen LogP contribution in [0.5, 0.6) is 0 Å². The summed E-state index contributed by atoms with van der Waals surface area (Å²) in [6.07, 6.45) is 7.15. The number of H-pyrrole nitrogens is 1. The molecule has 11 nitrogen and oxygen atoms in total. The van der Waals surface area contributed by atoms with Gasteiger partial charge in [0.2, 0.25) is 5.91 Å². The van der Waals surface area contributed by atoms with Gasteiger partial charge in [0.1, 0.15) is 16.4 Å². The molecule has 35 heavy (non-hydrogen) atoms. The number of nitrogens with two attached hydrogens (primary N) is 2. The van der Waals surface area contributed by atoms with E-state index in [1.54, 1.807) is 17.9 Å². The van der Waals surface area contributed by atoms with E-state index in [1.807, 2.05) is 5.38 Å². The van der Waals surface area contributed by atoms with Crippen molar-refractivity contribution >= 4 is 34.5 Å². The Labute approximate surface area is 212 Å². The zero-order chi connectivity index (χ0) is 24.9. The van der Waals surface area contributed by atoms with E-state index in [0.717, 1.165) is 55.3 Å². The molecule has 8 N–H and O–H groups in total. The molecule has 3 rings (SSSR count). The Hall–Kier alpha value is -2.71. The average Bonchev–Trinajstić information content (AvgIpc) is 3.62. The molecule has 0 saturated carbocycles. The lowest BCUT2D eigenvalue weighted by atomic mass is 10.1. The highest BCUT2D eigenvalue weighted by Crippen LogP contribution is 2.25. The van der Waals surface area contributed by atoms with Crippen LogP contribution in [0.15, 0.2) is 23.3 Å². The summed E-state index contributed by atoms with van der Waals surface area (Å²) in [4.78, 5) is 40.4. The Kier molecular flexibility index (Phi) is 11.2. The first-order valence-electron chi connectivity index (χ1n) is 11.7. The van der Waals surface area contributed by atoms with Crippen molar-refractivity contribution in [2.75, 3.05) is 32.7 Å². The van der Waals surface area contributed by atoms with Gasteiger partial charge in [0, 0.05) is 48.6 Å². The highest BCUT2D eigenvalue weighted by atomic mass is 32.1. The predicted molar refractivity (Wildman–Crippen MR) is 138 cm³/mol. The third-order valence-electron chi connectivity index (χ3n) is 5.10. The fourth-order valence-electron chi connectivity index (χ4n) is 3.19. The number of nitrogens with zero attached hydrogens (tertiary/aromatic N) is 3. The molecule has 0 aliphatic rings. The normalized spacial score (nSPS) is 11.9. The molecule has 0 aliphatic carbocycles. The molecule has 3 aromatic heterocycles. The third-order valence-corrected chi connectivity index (χ3v) is 6.87. The van der Waals surface area contributed by atoms with E-state index in [-0.39, 0.29) is 11.8 Å². The number of aromatic amines is 1. The first-order valence-corrected chi connectivity index (χ1v) is 13.4. The minimum absolute atomic E-state index is 0.180. The second-order valence-corrected chi connectivity index (χ2v) is 9.75. The molecule has 1 atom stereocenters. The van der Waals surface area contributed by atoms with Gasteiger partial charge in [-0.3, -0.25) is 9.59 Å². The van der Waals surface area contributed by atoms with Gasteiger partial charge in [-0.1, -0.05) is 0 Å². The second kappa shape index (κ2) is 14.6. The van der Waals surface area contributed by atoms with E-state index in [9.17, 15) is 9.59 Å². The molecular weight excluding hydrogens is 486 g/mol. The van der Waals surface area contributed by atoms with Gasteiger partial charge >= 0.3 is 0 Å². The number of hydrogen-bond acceptors (Lipinski definition) is 10. The van der Waals surface area contributed by atoms with Crippen molar-refractivity contribution in [3.63, 3.8) is 0 Å². The zero-order valence-electron chi connectivity index (χ0n) is 19.6. The molecule has 3 heterocycles. The van der Waals surface area contributed by atoms with E-state index < -0.39 is 6.04 Å². The molecule has 13 heteroatoms. The van der Waals surface area contributed by atoms with Crippen molar-refractivity contribution in [3.05, 3.63) is 39.7 Å². The van der Waals surface area contributed by atoms with Crippen molar-refractivity contribution in [3.8, 4) is 10.7 Å². The van der Waals surface area contributed by atoms with Gasteiger partial charge in [0.15, 0.2) is 0 Å². The summed E-state index contributed by atoms with van der Waals surface area (Å²) < 4.78 is 0. The molecule has 0 fully saturated rings. The number of carbonyl (C=O) groups excluding carboxylic acids is 2. The minimum Gasteiger partial charge on any atom is -0.354 e. The minimum atomic E-state index is -0.639. The van der Waals surface area contributed by atoms with Crippen molar-refractivity contribution in [2.24, 2.45) is 11.5 Å². The fraction of sp³-hybridized carbons (Fsp3) is 0.500. The number of thiazole rings is 2. The number of imidazole rings is 1. The molecule has 0 aromatic carbocycles. The monoisotopic (exact) mass is 519 g/mol. The van der Waals surface area contributed by atoms with Crippen LogP contribution in [0.3, 0.4) is 0 Å². The molecule has 2 amide bonds. The smallest absolute Gasteiger partial charge is 0.270 e. The van der Waals surface area contributed by atoms with Gasteiger partial charge in [-0.05, 0) is 38.9 Å². The summed E-state index contributed by atoms with van der Waals surface area (Å²) >= 11 is 2.89. The summed E-state index contributed by atoms with van der Waals surface area (Å²) in [7, 11) is 0. The van der Waals surface area contributed by atoms with Crippen LogP contribution < -0.4 is 27.4 Å². The molecule has 0 radical (unpaired) electrons. The lowest BCUT2D eigenvalue weighted by Crippen LogP contribution is -2.42. The van der Waals surface area contributed by atoms with Crippen molar-refractivity contribution in [1.29, 1.82) is 0 Å². The lowest BCUT2D eigenvalue weighted by molar-refractivity contribution is -0.122. The van der Waals surface area contributed by atoms with E-state index in [2.05, 4.69) is 35.9 Å². The number of nitrogens with one attached hydrogen (secondary N) is 4. The Morgan fingerprint density at radius 3 is 2.69 bits per heavy atom. The van der Waals surface area contributed by atoms with Gasteiger partial charge in [0.05, 0.1) is 17.4 Å². The van der Waals surface area contributed by atoms with E-state index >= 15 is 0 Å². The Balaban J connectivity index is 1.36. The highest BCUT2D eigenvalue weighted by molar-refractivity contribution is 7.14. The van der Waals surface area contributed by atoms with Crippen LogP contribution in [0.4, 0.5) is 0 Å². The lowest BCUT2D eigenvalue weighted by Gasteiger charge is -2.10. The van der Waals surface area contributed by atoms with Gasteiger partial charge in [-0.2, -0.15) is 0 Å². The van der Waals surface area contributed by atoms with E-state index in [4.69, 9.17) is 11.5 Å². The Morgan fingerprint density at radius 2 is 1.89 bits per heavy atom. The summed E-state index contributed by atoms with van der Waals surface area (Å²) in [5.41, 5.74) is 13.4. The zero-order valence-corrected chi connectivity index (χ0v) is 21.2. The molecular formula is C22H33N9O2S2. The molecule has 0 aliphatic heterocycles. The number of carbonyl (C=O) groups is 2. The van der Waals surface area contributed by atoms with Crippen LogP contribution in [-0.4, -0.2) is 70.5 Å². The summed E-state index contributed by atoms with van der Waals surface area (Å²) in [5, 5.41) is 14.3. The van der Waals surface area contributed by atoms with Crippen molar-refractivity contribution in [1.82, 2.24) is 35.9 Å². The standard InChI is InChI=1S/C22H33N9O2S2/c23-5-1-2-6-25-7-3-8-27-21(33)17-12-35-22(31-17)18-13-34-19(30-18)4-9-28-20(32)16(24)10-15-11-26-14-29-15/h11-14,16,25H,1-10,23-24H2,(H,26,29)(H,27,33)(H,28,32)/t16-/m0/s1. The second-order valence-electron chi connectivity index (χ2n) is 7.95. The summed E-state index contributed by atoms with van der Waals surface area (Å²) in [5.74, 6) is -0.394. The number of unbranched alkanes of at least 4 members (excludes halogenated alkanes) is 1. The highest BCUT2D eigenvalue weighted by Gasteiger charge is 2.16. The fourth-order valence-corrected chi connectivity index (χ4v) is 4.81. The quantitative estimate of drug-likeness (QED) is 0.150. The number of hydrogen-bond donors (Lipinski definition) is 6. The van der Waals surface area contributed by atoms with Gasteiger partial charge in [-0.15, -0.1) is 22.7 Å². The van der Waals surface area contributed by atoms with E-state index in [0.29, 0.717) is 36.6 Å². The summed E-state index contributed by atoms with van der Waals surface area (Å²) in [6.45, 7) is 3.55. The van der Waals surface area contributed by atoms with Crippen LogP contribution in [-0.2, 0) is 17.6 Å². The largest absolute Gasteiger partial charge is 0.354 e. The van der Waals surface area contributed by atoms with Crippen LogP contribution in [0.25, 0.3) is 10.7 Å². The Bertz CT molecular complexity index is 1040. The molecule has 3 aromatic rings. The van der Waals surface area contributed by atoms with Crippen LogP contribution in [0.2, 0.25) is 0 Å². The maximum atomic E-state index is 12.4. The number of aromatic nitrogens is 4. The van der Waals surface area contributed by atoms with Gasteiger partial charge < -0.3 is 32.4 Å². The molecule has 190 valence electrons. The molecule has 0 bridgehead atoms. The van der Waals surface area contributed by atoms with Crippen molar-refractivity contribution in [2.45, 2.75) is 38.1 Å². The average molecular weight is 520 g/mol. The number of rotatable bonds is 16. The number of amides is 2. The summed E-state index contributed by atoms with van der Waals surface area (Å²) in [6, 6.07) is -0.639. The third kappa shape index (κ3) is 9.11. The van der Waals surface area contributed by atoms with Gasteiger partial charge in [0.25, 0.3) is 5.91 Å². The van der Waals surface area contributed by atoms with Crippen LogP contribution in [0.1, 0.15) is 40.5 Å². The topological polar surface area (TPSA) is 177 Å². The maximum Gasteiger partial charge on any atom is 0.270 e. The van der Waals surface area contributed by atoms with E-state index in [1.165, 1.54) is 22.7 Å². The molecule has 0 saturated heterocycles. The maximum absolute atomic E-state index is 12.4. The molecule has 0 unspecified atom stereocenters. The molecule has 0 spiro atoms. The first-order chi connectivity index (χ1) is 17.1. The van der Waals surface area contributed by atoms with Crippen LogP contribution >= 0.6 is 22.7 Å².